The van der Waals surface area contributed by atoms with Crippen LogP contribution in [0.15, 0.2) is 35.0 Å². The van der Waals surface area contributed by atoms with Gasteiger partial charge in [0.25, 0.3) is 5.91 Å². The zero-order valence-electron chi connectivity index (χ0n) is 14.5. The average Bonchev–Trinajstić information content (AvgIpc) is 3.14. The zero-order valence-corrected chi connectivity index (χ0v) is 14.5. The van der Waals surface area contributed by atoms with E-state index in [1.807, 2.05) is 4.90 Å². The van der Waals surface area contributed by atoms with Crippen LogP contribution in [0.5, 0.6) is 0 Å². The summed E-state index contributed by atoms with van der Waals surface area (Å²) in [4.78, 5) is 14.6. The van der Waals surface area contributed by atoms with Crippen molar-refractivity contribution >= 4 is 16.8 Å². The Morgan fingerprint density at radius 3 is 3.00 bits per heavy atom. The van der Waals surface area contributed by atoms with Crippen LogP contribution in [0.4, 0.5) is 0 Å². The summed E-state index contributed by atoms with van der Waals surface area (Å²) in [6.07, 6.45) is 3.03. The number of ether oxygens (including phenoxy) is 1. The summed E-state index contributed by atoms with van der Waals surface area (Å²) in [6, 6.07) is 7.99. The molecule has 0 spiro atoms. The van der Waals surface area contributed by atoms with Crippen molar-refractivity contribution in [2.24, 2.45) is 0 Å². The van der Waals surface area contributed by atoms with Crippen molar-refractivity contribution in [1.29, 1.82) is 0 Å². The van der Waals surface area contributed by atoms with Crippen LogP contribution in [0.25, 0.3) is 10.9 Å². The number of hydrogen-bond acceptors (Lipinski definition) is 4. The Balaban J connectivity index is 1.68. The third-order valence-electron chi connectivity index (χ3n) is 4.75. The van der Waals surface area contributed by atoms with Gasteiger partial charge in [0.1, 0.15) is 5.76 Å². The molecular weight excluding hydrogens is 318 g/mol. The van der Waals surface area contributed by atoms with Gasteiger partial charge >= 0.3 is 0 Å². The minimum Gasteiger partial charge on any atom is -0.383 e. The van der Waals surface area contributed by atoms with E-state index >= 15 is 0 Å². The van der Waals surface area contributed by atoms with E-state index < -0.39 is 0 Å². The molecule has 130 valence electrons. The highest BCUT2D eigenvalue weighted by molar-refractivity contribution is 5.93. The smallest absolute Gasteiger partial charge is 0.276 e. The molecule has 0 radical (unpaired) electrons. The summed E-state index contributed by atoms with van der Waals surface area (Å²) >= 11 is 0. The molecule has 0 bridgehead atoms. The normalized spacial score (nSPS) is 14.1. The van der Waals surface area contributed by atoms with Crippen LogP contribution < -0.4 is 0 Å². The monoisotopic (exact) mass is 339 g/mol. The van der Waals surface area contributed by atoms with Gasteiger partial charge in [0, 0.05) is 49.9 Å². The molecule has 1 aliphatic heterocycles. The minimum absolute atomic E-state index is 0.0775. The number of methoxy groups -OCH3 is 1. The molecule has 6 nitrogen and oxygen atoms in total. The molecule has 4 rings (SSSR count). The standard InChI is InChI=1S/C19H21N3O3/c1-13-10-16(20-25-13)19(23)22-7-6-15-11-21(8-9-24-2)17-5-3-4-14(12-22)18(15)17/h3-5,10-11H,6-9,12H2,1-2H3. The maximum absolute atomic E-state index is 12.7. The van der Waals surface area contributed by atoms with E-state index in [9.17, 15) is 4.79 Å². The van der Waals surface area contributed by atoms with Crippen LogP contribution in [0.2, 0.25) is 0 Å². The second-order valence-corrected chi connectivity index (χ2v) is 6.45. The Morgan fingerprint density at radius 1 is 1.36 bits per heavy atom. The molecule has 0 fully saturated rings. The summed E-state index contributed by atoms with van der Waals surface area (Å²) in [5, 5.41) is 5.14. The van der Waals surface area contributed by atoms with Crippen LogP contribution >= 0.6 is 0 Å². The van der Waals surface area contributed by atoms with Crippen LogP contribution in [0.1, 0.15) is 27.4 Å². The predicted octanol–water partition coefficient (Wildman–Crippen LogP) is 2.78. The lowest BCUT2D eigenvalue weighted by molar-refractivity contribution is 0.0737. The highest BCUT2D eigenvalue weighted by Crippen LogP contribution is 2.30. The third kappa shape index (κ3) is 2.82. The summed E-state index contributed by atoms with van der Waals surface area (Å²) in [7, 11) is 1.72. The molecule has 3 aromatic rings. The first kappa shape index (κ1) is 15.9. The van der Waals surface area contributed by atoms with Gasteiger partial charge in [-0.15, -0.1) is 0 Å². The molecule has 0 aliphatic carbocycles. The molecule has 0 unspecified atom stereocenters. The Morgan fingerprint density at radius 2 is 2.24 bits per heavy atom. The number of rotatable bonds is 4. The Kier molecular flexibility index (Phi) is 4.05. The van der Waals surface area contributed by atoms with E-state index in [1.165, 1.54) is 22.0 Å². The second kappa shape index (κ2) is 6.37. The van der Waals surface area contributed by atoms with Crippen molar-refractivity contribution in [1.82, 2.24) is 14.6 Å². The summed E-state index contributed by atoms with van der Waals surface area (Å²) in [6.45, 7) is 4.56. The van der Waals surface area contributed by atoms with Crippen LogP contribution in [0, 0.1) is 6.92 Å². The molecular formula is C19H21N3O3. The summed E-state index contributed by atoms with van der Waals surface area (Å²) in [5.74, 6) is 0.572. The van der Waals surface area contributed by atoms with Gasteiger partial charge in [0.05, 0.1) is 6.61 Å². The highest BCUT2D eigenvalue weighted by Gasteiger charge is 2.24. The average molecular weight is 339 g/mol. The van der Waals surface area contributed by atoms with Crippen molar-refractivity contribution in [3.05, 3.63) is 53.0 Å². The van der Waals surface area contributed by atoms with E-state index in [1.54, 1.807) is 20.1 Å². The molecule has 6 heteroatoms. The highest BCUT2D eigenvalue weighted by atomic mass is 16.5. The van der Waals surface area contributed by atoms with E-state index in [0.717, 1.165) is 13.0 Å². The number of aromatic nitrogens is 2. The quantitative estimate of drug-likeness (QED) is 0.733. The lowest BCUT2D eigenvalue weighted by Gasteiger charge is -2.20. The molecule has 25 heavy (non-hydrogen) atoms. The predicted molar refractivity (Wildman–Crippen MR) is 93.5 cm³/mol. The maximum atomic E-state index is 12.7. The first-order chi connectivity index (χ1) is 12.2. The molecule has 1 aliphatic rings. The van der Waals surface area contributed by atoms with E-state index in [-0.39, 0.29) is 5.91 Å². The number of carbonyl (C=O) groups is 1. The second-order valence-electron chi connectivity index (χ2n) is 6.45. The first-order valence-corrected chi connectivity index (χ1v) is 8.48. The largest absolute Gasteiger partial charge is 0.383 e. The van der Waals surface area contributed by atoms with Gasteiger partial charge in [-0.05, 0) is 30.5 Å². The van der Waals surface area contributed by atoms with Crippen molar-refractivity contribution in [3.8, 4) is 0 Å². The van der Waals surface area contributed by atoms with E-state index in [0.29, 0.717) is 31.2 Å². The summed E-state index contributed by atoms with van der Waals surface area (Å²) < 4.78 is 12.5. The summed E-state index contributed by atoms with van der Waals surface area (Å²) in [5.41, 5.74) is 4.04. The van der Waals surface area contributed by atoms with E-state index in [2.05, 4.69) is 34.1 Å². The maximum Gasteiger partial charge on any atom is 0.276 e. The molecule has 3 heterocycles. The molecule has 2 aromatic heterocycles. The lowest BCUT2D eigenvalue weighted by atomic mass is 10.1. The number of aryl methyl sites for hydroxylation is 1. The number of carbonyl (C=O) groups excluding carboxylic acids is 1. The van der Waals surface area contributed by atoms with Gasteiger partial charge in [-0.1, -0.05) is 17.3 Å². The number of nitrogens with zero attached hydrogens (tertiary/aromatic N) is 3. The SMILES string of the molecule is COCCn1cc2c3c(cccc31)CN(C(=O)c1cc(C)on1)CC2. The van der Waals surface area contributed by atoms with Gasteiger partial charge in [-0.2, -0.15) is 0 Å². The van der Waals surface area contributed by atoms with Gasteiger partial charge in [0.2, 0.25) is 0 Å². The number of benzene rings is 1. The van der Waals surface area contributed by atoms with Gasteiger partial charge in [-0.3, -0.25) is 4.79 Å². The minimum atomic E-state index is -0.0775. The molecule has 1 aromatic carbocycles. The third-order valence-corrected chi connectivity index (χ3v) is 4.75. The Hall–Kier alpha value is -2.60. The Bertz CT molecular complexity index is 925. The molecule has 0 N–H and O–H groups in total. The fourth-order valence-corrected chi connectivity index (χ4v) is 3.56. The molecule has 0 atom stereocenters. The van der Waals surface area contributed by atoms with E-state index in [4.69, 9.17) is 9.26 Å². The first-order valence-electron chi connectivity index (χ1n) is 8.48. The molecule has 0 saturated heterocycles. The zero-order chi connectivity index (χ0) is 17.4. The van der Waals surface area contributed by atoms with Crippen molar-refractivity contribution in [2.75, 3.05) is 20.3 Å². The molecule has 0 saturated carbocycles. The topological polar surface area (TPSA) is 60.5 Å². The number of amides is 1. The van der Waals surface area contributed by atoms with Crippen molar-refractivity contribution in [3.63, 3.8) is 0 Å². The fraction of sp³-hybridized carbons (Fsp3) is 0.368. The van der Waals surface area contributed by atoms with Crippen molar-refractivity contribution < 1.29 is 14.1 Å². The number of hydrogen-bond donors (Lipinski definition) is 0. The van der Waals surface area contributed by atoms with Crippen LogP contribution in [-0.4, -0.2) is 40.8 Å². The van der Waals surface area contributed by atoms with Gasteiger partial charge in [0.15, 0.2) is 5.69 Å². The lowest BCUT2D eigenvalue weighted by Crippen LogP contribution is -2.31. The van der Waals surface area contributed by atoms with Gasteiger partial charge in [-0.25, -0.2) is 0 Å². The fourth-order valence-electron chi connectivity index (χ4n) is 3.56. The van der Waals surface area contributed by atoms with Crippen LogP contribution in [-0.2, 0) is 24.2 Å². The molecule has 1 amide bonds. The Labute approximate surface area is 146 Å². The van der Waals surface area contributed by atoms with Gasteiger partial charge < -0.3 is 18.7 Å². The van der Waals surface area contributed by atoms with Crippen LogP contribution in [0.3, 0.4) is 0 Å². The van der Waals surface area contributed by atoms with Crippen molar-refractivity contribution in [2.45, 2.75) is 26.4 Å².